The van der Waals surface area contributed by atoms with Crippen LogP contribution in [0.1, 0.15) is 58.4 Å². The summed E-state index contributed by atoms with van der Waals surface area (Å²) in [6, 6.07) is 1.89. The summed E-state index contributed by atoms with van der Waals surface area (Å²) in [7, 11) is 0. The number of rotatable bonds is 4. The summed E-state index contributed by atoms with van der Waals surface area (Å²) in [6.07, 6.45) is 5.76. The second-order valence-electron chi connectivity index (χ2n) is 6.52. The number of aromatic amines is 1. The lowest BCUT2D eigenvalue weighted by Crippen LogP contribution is -2.49. The molecule has 0 radical (unpaired) electrons. The Kier molecular flexibility index (Phi) is 3.73. The van der Waals surface area contributed by atoms with E-state index in [0.29, 0.717) is 19.1 Å². The van der Waals surface area contributed by atoms with E-state index >= 15 is 0 Å². The minimum Gasteiger partial charge on any atom is -0.381 e. The zero-order chi connectivity index (χ0) is 15.9. The van der Waals surface area contributed by atoms with Crippen LogP contribution in [0.2, 0.25) is 0 Å². The second-order valence-corrected chi connectivity index (χ2v) is 7.38. The molecule has 0 aromatic carbocycles. The lowest BCUT2D eigenvalue weighted by atomic mass is 9.90. The first-order valence-electron chi connectivity index (χ1n) is 8.18. The molecule has 23 heavy (non-hydrogen) atoms. The first kappa shape index (κ1) is 14.9. The van der Waals surface area contributed by atoms with Crippen molar-refractivity contribution >= 4 is 17.2 Å². The summed E-state index contributed by atoms with van der Waals surface area (Å²) in [5, 5.41) is 6.34. The molecule has 1 aliphatic heterocycles. The van der Waals surface area contributed by atoms with Crippen LogP contribution >= 0.6 is 11.3 Å². The van der Waals surface area contributed by atoms with Crippen LogP contribution in [0.3, 0.4) is 0 Å². The average Bonchev–Trinajstić information content (AvgIpc) is 3.10. The number of nitrogens with zero attached hydrogens (tertiary/aromatic N) is 1. The number of carbonyl (C=O) groups is 1. The molecular formula is C17H21N3O2S. The zero-order valence-electron chi connectivity index (χ0n) is 13.2. The lowest BCUT2D eigenvalue weighted by Gasteiger charge is -2.36. The third-order valence-electron chi connectivity index (χ3n) is 4.74. The summed E-state index contributed by atoms with van der Waals surface area (Å²) >= 11 is 1.63. The van der Waals surface area contributed by atoms with Crippen LogP contribution in [0.4, 0.5) is 0 Å². The van der Waals surface area contributed by atoms with Gasteiger partial charge in [0.15, 0.2) is 0 Å². The first-order valence-corrected chi connectivity index (χ1v) is 9.06. The van der Waals surface area contributed by atoms with Crippen molar-refractivity contribution in [2.24, 2.45) is 0 Å². The van der Waals surface area contributed by atoms with Crippen molar-refractivity contribution in [1.82, 2.24) is 15.3 Å². The third kappa shape index (κ3) is 2.81. The Bertz CT molecular complexity index is 711. The molecule has 5 nitrogen and oxygen atoms in total. The number of amides is 1. The number of H-pyrrole nitrogens is 1. The molecule has 2 N–H and O–H groups in total. The average molecular weight is 331 g/mol. The molecule has 1 amide bonds. The van der Waals surface area contributed by atoms with Crippen molar-refractivity contribution in [3.63, 3.8) is 0 Å². The van der Waals surface area contributed by atoms with Gasteiger partial charge in [0, 0.05) is 49.0 Å². The summed E-state index contributed by atoms with van der Waals surface area (Å²) in [4.78, 5) is 20.8. The van der Waals surface area contributed by atoms with E-state index in [2.05, 4.69) is 15.3 Å². The van der Waals surface area contributed by atoms with E-state index in [1.54, 1.807) is 11.3 Å². The summed E-state index contributed by atoms with van der Waals surface area (Å²) in [5.74, 6) is 0.529. The molecule has 1 saturated carbocycles. The monoisotopic (exact) mass is 331 g/mol. The third-order valence-corrected chi connectivity index (χ3v) is 5.90. The van der Waals surface area contributed by atoms with E-state index in [4.69, 9.17) is 4.74 Å². The van der Waals surface area contributed by atoms with Gasteiger partial charge in [-0.3, -0.25) is 4.79 Å². The van der Waals surface area contributed by atoms with Gasteiger partial charge in [-0.25, -0.2) is 4.98 Å². The van der Waals surface area contributed by atoms with Crippen molar-refractivity contribution < 1.29 is 9.53 Å². The van der Waals surface area contributed by atoms with Crippen molar-refractivity contribution in [3.05, 3.63) is 39.6 Å². The molecule has 0 atom stereocenters. The Morgan fingerprint density at radius 2 is 2.22 bits per heavy atom. The fourth-order valence-corrected chi connectivity index (χ4v) is 4.27. The molecular weight excluding hydrogens is 310 g/mol. The first-order chi connectivity index (χ1) is 11.2. The number of thiazole rings is 1. The summed E-state index contributed by atoms with van der Waals surface area (Å²) < 4.78 is 5.52. The molecule has 1 aliphatic carbocycles. The molecule has 0 unspecified atom stereocenters. The van der Waals surface area contributed by atoms with Crippen molar-refractivity contribution in [2.75, 3.05) is 13.2 Å². The van der Waals surface area contributed by atoms with Gasteiger partial charge in [0.25, 0.3) is 5.91 Å². The summed E-state index contributed by atoms with van der Waals surface area (Å²) in [6.45, 7) is 3.30. The van der Waals surface area contributed by atoms with Crippen LogP contribution in [-0.2, 0) is 10.3 Å². The SMILES string of the molecule is Cc1csc(C2(NC(=O)c3cc[nH]c3C3CC3)CCOCC2)n1. The van der Waals surface area contributed by atoms with Crippen LogP contribution in [0, 0.1) is 6.92 Å². The van der Waals surface area contributed by atoms with Crippen LogP contribution in [0.25, 0.3) is 0 Å². The number of hydrogen-bond acceptors (Lipinski definition) is 4. The molecule has 0 spiro atoms. The Morgan fingerprint density at radius 1 is 1.43 bits per heavy atom. The lowest BCUT2D eigenvalue weighted by molar-refractivity contribution is 0.0344. The number of ether oxygens (including phenoxy) is 1. The molecule has 3 heterocycles. The van der Waals surface area contributed by atoms with Gasteiger partial charge < -0.3 is 15.0 Å². The van der Waals surface area contributed by atoms with Crippen LogP contribution in [-0.4, -0.2) is 29.1 Å². The predicted octanol–water partition coefficient (Wildman–Crippen LogP) is 3.09. The Labute approximate surface area is 139 Å². The van der Waals surface area contributed by atoms with Crippen LogP contribution in [0.5, 0.6) is 0 Å². The van der Waals surface area contributed by atoms with E-state index in [0.717, 1.165) is 34.8 Å². The van der Waals surface area contributed by atoms with Gasteiger partial charge in [0.05, 0.1) is 11.1 Å². The number of hydrogen-bond donors (Lipinski definition) is 2. The molecule has 2 fully saturated rings. The highest BCUT2D eigenvalue weighted by Crippen LogP contribution is 2.41. The van der Waals surface area contributed by atoms with E-state index in [1.807, 2.05) is 24.6 Å². The maximum absolute atomic E-state index is 12.9. The highest BCUT2D eigenvalue weighted by Gasteiger charge is 2.40. The smallest absolute Gasteiger partial charge is 0.253 e. The number of aromatic nitrogens is 2. The van der Waals surface area contributed by atoms with Gasteiger partial charge in [-0.1, -0.05) is 0 Å². The number of carbonyl (C=O) groups excluding carboxylic acids is 1. The fourth-order valence-electron chi connectivity index (χ4n) is 3.26. The van der Waals surface area contributed by atoms with E-state index in [1.165, 1.54) is 12.8 Å². The van der Waals surface area contributed by atoms with Gasteiger partial charge >= 0.3 is 0 Å². The Balaban J connectivity index is 1.62. The van der Waals surface area contributed by atoms with Crippen LogP contribution < -0.4 is 5.32 Å². The molecule has 6 heteroatoms. The van der Waals surface area contributed by atoms with E-state index < -0.39 is 5.54 Å². The Hall–Kier alpha value is -1.66. The highest BCUT2D eigenvalue weighted by atomic mass is 32.1. The van der Waals surface area contributed by atoms with E-state index in [9.17, 15) is 4.79 Å². The van der Waals surface area contributed by atoms with Gasteiger partial charge in [-0.15, -0.1) is 11.3 Å². The summed E-state index contributed by atoms with van der Waals surface area (Å²) in [5.41, 5.74) is 2.48. The van der Waals surface area contributed by atoms with E-state index in [-0.39, 0.29) is 5.91 Å². The standard InChI is InChI=1S/C17H21N3O2S/c1-11-10-23-16(19-11)17(5-8-22-9-6-17)20-15(21)13-4-7-18-14(13)12-2-3-12/h4,7,10,12,18H,2-3,5-6,8-9H2,1H3,(H,20,21). The minimum absolute atomic E-state index is 0.00269. The molecule has 2 aliphatic rings. The Morgan fingerprint density at radius 3 is 2.87 bits per heavy atom. The van der Waals surface area contributed by atoms with Gasteiger partial charge in [-0.2, -0.15) is 0 Å². The van der Waals surface area contributed by atoms with Crippen LogP contribution in [0.15, 0.2) is 17.6 Å². The zero-order valence-corrected chi connectivity index (χ0v) is 14.0. The largest absolute Gasteiger partial charge is 0.381 e. The van der Waals surface area contributed by atoms with Gasteiger partial charge in [-0.05, 0) is 31.7 Å². The maximum Gasteiger partial charge on any atom is 0.253 e. The van der Waals surface area contributed by atoms with Gasteiger partial charge in [0.2, 0.25) is 0 Å². The minimum atomic E-state index is -0.396. The topological polar surface area (TPSA) is 67.0 Å². The molecule has 2 aromatic heterocycles. The maximum atomic E-state index is 12.9. The van der Waals surface area contributed by atoms with Crippen molar-refractivity contribution in [2.45, 2.75) is 44.1 Å². The highest BCUT2D eigenvalue weighted by molar-refractivity contribution is 7.09. The molecule has 122 valence electrons. The van der Waals surface area contributed by atoms with Crippen molar-refractivity contribution in [1.29, 1.82) is 0 Å². The molecule has 1 saturated heterocycles. The number of nitrogens with one attached hydrogen (secondary N) is 2. The number of aryl methyl sites for hydroxylation is 1. The fraction of sp³-hybridized carbons (Fsp3) is 0.529. The second kappa shape index (κ2) is 5.76. The molecule has 2 aromatic rings. The predicted molar refractivity (Wildman–Crippen MR) is 88.8 cm³/mol. The molecule has 0 bridgehead atoms. The quantitative estimate of drug-likeness (QED) is 0.905. The normalized spacial score (nSPS) is 20.4. The van der Waals surface area contributed by atoms with Crippen molar-refractivity contribution in [3.8, 4) is 0 Å². The van der Waals surface area contributed by atoms with Gasteiger partial charge in [0.1, 0.15) is 5.01 Å². The molecule has 4 rings (SSSR count).